The van der Waals surface area contributed by atoms with Gasteiger partial charge in [-0.3, -0.25) is 0 Å². The Labute approximate surface area is 170 Å². The van der Waals surface area contributed by atoms with Gasteiger partial charge in [-0.2, -0.15) is 0 Å². The van der Waals surface area contributed by atoms with Crippen molar-refractivity contribution in [2.24, 2.45) is 0 Å². The second-order valence-electron chi connectivity index (χ2n) is 4.75. The molecular weight excluding hydrogens is 519 g/mol. The maximum absolute atomic E-state index is 8.85. The van der Waals surface area contributed by atoms with E-state index in [9.17, 15) is 0 Å². The third-order valence-corrected chi connectivity index (χ3v) is 3.34. The standard InChI is InChI=1S/2C9H12O.Br3P/c2*1-2-8-5-3-4-6-9(8)7-10;1-4(2)3/h2*3-6,10H,2,7H2,1H3;. The molecule has 0 aliphatic rings. The summed E-state index contributed by atoms with van der Waals surface area (Å²) in [4.78, 5) is 0. The van der Waals surface area contributed by atoms with Gasteiger partial charge < -0.3 is 10.2 Å². The average Bonchev–Trinajstić information content (AvgIpc) is 2.61. The van der Waals surface area contributed by atoms with Crippen molar-refractivity contribution in [3.63, 3.8) is 0 Å². The van der Waals surface area contributed by atoms with Crippen LogP contribution in [-0.2, 0) is 26.1 Å². The number of aliphatic hydroxyl groups is 2. The fourth-order valence-electron chi connectivity index (χ4n) is 2.11. The summed E-state index contributed by atoms with van der Waals surface area (Å²) in [6, 6.07) is 15.9. The molecule has 0 heterocycles. The molecule has 0 aliphatic carbocycles. The van der Waals surface area contributed by atoms with Crippen LogP contribution < -0.4 is 0 Å². The van der Waals surface area contributed by atoms with Crippen molar-refractivity contribution in [2.75, 3.05) is 0 Å². The lowest BCUT2D eigenvalue weighted by molar-refractivity contribution is 0.280. The molecule has 6 heteroatoms. The molecule has 0 saturated carbocycles. The molecule has 0 radical (unpaired) electrons. The van der Waals surface area contributed by atoms with Crippen LogP contribution in [0.25, 0.3) is 0 Å². The van der Waals surface area contributed by atoms with E-state index in [4.69, 9.17) is 10.2 Å². The molecule has 0 aliphatic heterocycles. The van der Waals surface area contributed by atoms with Gasteiger partial charge in [0.05, 0.1) is 13.2 Å². The largest absolute Gasteiger partial charge is 0.392 e. The van der Waals surface area contributed by atoms with E-state index in [1.54, 1.807) is 0 Å². The fraction of sp³-hybridized carbons (Fsp3) is 0.333. The summed E-state index contributed by atoms with van der Waals surface area (Å²) in [6.07, 6.45) is 1.99. The van der Waals surface area contributed by atoms with Crippen LogP contribution in [-0.4, -0.2) is 10.2 Å². The van der Waals surface area contributed by atoms with Gasteiger partial charge in [-0.25, -0.2) is 0 Å². The van der Waals surface area contributed by atoms with Crippen molar-refractivity contribution in [1.82, 2.24) is 0 Å². The van der Waals surface area contributed by atoms with Crippen molar-refractivity contribution < 1.29 is 10.2 Å². The summed E-state index contributed by atoms with van der Waals surface area (Å²) in [6.45, 7) is 4.50. The van der Waals surface area contributed by atoms with Gasteiger partial charge in [0.25, 0.3) is 0 Å². The minimum atomic E-state index is -0.183. The van der Waals surface area contributed by atoms with Crippen LogP contribution in [0.5, 0.6) is 0 Å². The quantitative estimate of drug-likeness (QED) is 0.413. The molecule has 0 amide bonds. The van der Waals surface area contributed by atoms with E-state index >= 15 is 0 Å². The van der Waals surface area contributed by atoms with Crippen LogP contribution in [0.15, 0.2) is 48.5 Å². The lowest BCUT2D eigenvalue weighted by Crippen LogP contribution is -1.90. The molecule has 134 valence electrons. The van der Waals surface area contributed by atoms with Crippen molar-refractivity contribution >= 4 is 50.5 Å². The first-order valence-electron chi connectivity index (χ1n) is 7.62. The molecule has 2 rings (SSSR count). The molecule has 2 N–H and O–H groups in total. The van der Waals surface area contributed by atoms with Crippen LogP contribution in [0.1, 0.15) is 36.1 Å². The molecule has 0 spiro atoms. The highest BCUT2D eigenvalue weighted by molar-refractivity contribution is 9.93. The average molecular weight is 543 g/mol. The summed E-state index contributed by atoms with van der Waals surface area (Å²) >= 11 is 9.51. The summed E-state index contributed by atoms with van der Waals surface area (Å²) in [5.74, 6) is 0. The number of hydrogen-bond donors (Lipinski definition) is 2. The number of halogens is 3. The first-order valence-corrected chi connectivity index (χ1v) is 15.0. The monoisotopic (exact) mass is 540 g/mol. The Morgan fingerprint density at radius 3 is 1.08 bits per heavy atom. The Kier molecular flexibility index (Phi) is 15.6. The lowest BCUT2D eigenvalue weighted by Gasteiger charge is -2.01. The number of aryl methyl sites for hydroxylation is 2. The van der Waals surface area contributed by atoms with Crippen molar-refractivity contribution in [3.8, 4) is 0 Å². The predicted molar refractivity (Wildman–Crippen MR) is 117 cm³/mol. The second-order valence-corrected chi connectivity index (χ2v) is 20.1. The van der Waals surface area contributed by atoms with Gasteiger partial charge in [-0.1, -0.05) is 62.4 Å². The molecule has 0 atom stereocenters. The summed E-state index contributed by atoms with van der Waals surface area (Å²) < 4.78 is -0.183. The molecule has 0 aromatic heterocycles. The van der Waals surface area contributed by atoms with Crippen LogP contribution in [0.3, 0.4) is 0 Å². The Balaban J connectivity index is 0.000000363. The maximum atomic E-state index is 8.85. The topological polar surface area (TPSA) is 40.5 Å². The molecular formula is C18H24Br3O2P. The van der Waals surface area contributed by atoms with E-state index < -0.39 is 0 Å². The number of benzene rings is 2. The van der Waals surface area contributed by atoms with E-state index in [1.807, 2.05) is 48.5 Å². The van der Waals surface area contributed by atoms with Crippen LogP contribution in [0, 0.1) is 0 Å². The van der Waals surface area contributed by atoms with E-state index in [0.29, 0.717) is 0 Å². The minimum absolute atomic E-state index is 0.157. The molecule has 0 saturated heterocycles. The fourth-order valence-corrected chi connectivity index (χ4v) is 2.11. The van der Waals surface area contributed by atoms with E-state index in [0.717, 1.165) is 24.0 Å². The van der Waals surface area contributed by atoms with Crippen molar-refractivity contribution in [2.45, 2.75) is 39.9 Å². The number of rotatable bonds is 4. The third kappa shape index (κ3) is 11.0. The van der Waals surface area contributed by atoms with Crippen LogP contribution in [0.4, 0.5) is 0 Å². The summed E-state index contributed by atoms with van der Waals surface area (Å²) in [5.41, 5.74) is 4.57. The highest BCUT2D eigenvalue weighted by atomic mass is 80.0. The zero-order chi connectivity index (χ0) is 18.4. The normalized spacial score (nSPS) is 9.67. The Hall–Kier alpha value is 0.230. The van der Waals surface area contributed by atoms with Gasteiger partial charge in [0.2, 0.25) is 0 Å². The Bertz CT molecular complexity index is 469. The highest BCUT2D eigenvalue weighted by Crippen LogP contribution is 2.59. The van der Waals surface area contributed by atoms with Crippen molar-refractivity contribution in [3.05, 3.63) is 70.8 Å². The molecule has 0 fully saturated rings. The van der Waals surface area contributed by atoms with Gasteiger partial charge in [-0.15, -0.1) is 0 Å². The van der Waals surface area contributed by atoms with Crippen LogP contribution in [0.2, 0.25) is 0 Å². The summed E-state index contributed by atoms with van der Waals surface area (Å²) in [5, 5.41) is 17.7. The molecule has 2 nitrogen and oxygen atoms in total. The second kappa shape index (κ2) is 15.5. The van der Waals surface area contributed by atoms with E-state index in [1.165, 1.54) is 11.1 Å². The molecule has 24 heavy (non-hydrogen) atoms. The van der Waals surface area contributed by atoms with Crippen molar-refractivity contribution in [1.29, 1.82) is 0 Å². The Morgan fingerprint density at radius 2 is 0.917 bits per heavy atom. The van der Waals surface area contributed by atoms with Gasteiger partial charge in [0, 0.05) is 0 Å². The zero-order valence-corrected chi connectivity index (χ0v) is 19.6. The van der Waals surface area contributed by atoms with Gasteiger partial charge in [0.15, 0.2) is 0 Å². The first kappa shape index (κ1) is 24.2. The zero-order valence-electron chi connectivity index (χ0n) is 13.9. The highest BCUT2D eigenvalue weighted by Gasteiger charge is 1.95. The predicted octanol–water partition coefficient (Wildman–Crippen LogP) is 6.88. The summed E-state index contributed by atoms with van der Waals surface area (Å²) in [7, 11) is 0. The third-order valence-electron chi connectivity index (χ3n) is 3.34. The number of aliphatic hydroxyl groups excluding tert-OH is 2. The number of hydrogen-bond acceptors (Lipinski definition) is 2. The van der Waals surface area contributed by atoms with Gasteiger partial charge in [0.1, 0.15) is 4.03 Å². The van der Waals surface area contributed by atoms with E-state index in [-0.39, 0.29) is 17.2 Å². The first-order chi connectivity index (χ1) is 11.5. The van der Waals surface area contributed by atoms with Gasteiger partial charge >= 0.3 is 0 Å². The lowest BCUT2D eigenvalue weighted by atomic mass is 10.1. The van der Waals surface area contributed by atoms with Crippen LogP contribution >= 0.6 is 50.5 Å². The SMILES string of the molecule is BrP(Br)Br.CCc1ccccc1CO.CCc1ccccc1CO. The van der Waals surface area contributed by atoms with Gasteiger partial charge in [-0.05, 0) is 81.6 Å². The molecule has 2 aromatic carbocycles. The minimum Gasteiger partial charge on any atom is -0.392 e. The molecule has 0 bridgehead atoms. The maximum Gasteiger partial charge on any atom is 0.103 e. The Morgan fingerprint density at radius 1 is 0.667 bits per heavy atom. The smallest absolute Gasteiger partial charge is 0.103 e. The molecule has 2 aromatic rings. The van der Waals surface area contributed by atoms with E-state index in [2.05, 4.69) is 60.3 Å². The molecule has 0 unspecified atom stereocenters.